The van der Waals surface area contributed by atoms with Crippen LogP contribution >= 0.6 is 0 Å². The molecule has 1 unspecified atom stereocenters. The molecule has 0 radical (unpaired) electrons. The second-order valence-electron chi connectivity index (χ2n) is 1.70. The second-order valence-corrected chi connectivity index (χ2v) is 1.70. The van der Waals surface area contributed by atoms with E-state index in [0.717, 1.165) is 0 Å². The van der Waals surface area contributed by atoms with Crippen LogP contribution in [0.15, 0.2) is 0 Å². The van der Waals surface area contributed by atoms with Gasteiger partial charge in [0, 0.05) is 0 Å². The summed E-state index contributed by atoms with van der Waals surface area (Å²) in [6.07, 6.45) is 8.84. The van der Waals surface area contributed by atoms with Crippen molar-refractivity contribution in [2.24, 2.45) is 0 Å². The Morgan fingerprint density at radius 1 is 1.36 bits per heavy atom. The molecule has 0 spiro atoms. The van der Waals surface area contributed by atoms with Crippen molar-refractivity contribution in [3.05, 3.63) is 0 Å². The summed E-state index contributed by atoms with van der Waals surface area (Å²) in [5.74, 6) is 9.51. The largest absolute Gasteiger partial charge is 0.369 e. The SMILES string of the molecule is C#CCNCC#CC(O)C#C. The van der Waals surface area contributed by atoms with Gasteiger partial charge < -0.3 is 5.11 Å². The zero-order valence-corrected chi connectivity index (χ0v) is 6.09. The highest BCUT2D eigenvalue weighted by atomic mass is 16.3. The molecule has 0 amide bonds. The van der Waals surface area contributed by atoms with E-state index in [1.165, 1.54) is 0 Å². The van der Waals surface area contributed by atoms with Crippen molar-refractivity contribution in [3.8, 4) is 36.5 Å². The van der Waals surface area contributed by atoms with E-state index in [1.807, 2.05) is 0 Å². The predicted octanol–water partition coefficient (Wildman–Crippen LogP) is -0.793. The Morgan fingerprint density at radius 2 is 2.09 bits per heavy atom. The van der Waals surface area contributed by atoms with Crippen molar-refractivity contribution in [3.63, 3.8) is 0 Å². The third kappa shape index (κ3) is 6.49. The zero-order chi connectivity index (χ0) is 8.53. The van der Waals surface area contributed by atoms with Gasteiger partial charge in [-0.2, -0.15) is 0 Å². The van der Waals surface area contributed by atoms with Crippen molar-refractivity contribution in [2.75, 3.05) is 13.1 Å². The molecule has 11 heavy (non-hydrogen) atoms. The number of aliphatic hydroxyl groups excluding tert-OH is 1. The predicted molar refractivity (Wildman–Crippen MR) is 44.3 cm³/mol. The average molecular weight is 147 g/mol. The van der Waals surface area contributed by atoms with E-state index in [-0.39, 0.29) is 0 Å². The summed E-state index contributed by atoms with van der Waals surface area (Å²) in [6.45, 7) is 0.920. The van der Waals surface area contributed by atoms with E-state index >= 15 is 0 Å². The molecule has 0 aromatic heterocycles. The monoisotopic (exact) mass is 147 g/mol. The molecule has 2 N–H and O–H groups in total. The van der Waals surface area contributed by atoms with Gasteiger partial charge in [-0.1, -0.05) is 23.7 Å². The van der Waals surface area contributed by atoms with Crippen LogP contribution in [-0.2, 0) is 0 Å². The first kappa shape index (κ1) is 9.60. The molecule has 0 fully saturated rings. The Balaban J connectivity index is 3.44. The Labute approximate surface area is 67.0 Å². The van der Waals surface area contributed by atoms with Crippen LogP contribution in [0.1, 0.15) is 0 Å². The van der Waals surface area contributed by atoms with Crippen molar-refractivity contribution in [1.82, 2.24) is 5.32 Å². The Hall–Kier alpha value is -1.40. The minimum Gasteiger partial charge on any atom is -0.369 e. The number of nitrogens with one attached hydrogen (secondary N) is 1. The summed E-state index contributed by atoms with van der Waals surface area (Å²) in [5.41, 5.74) is 0. The van der Waals surface area contributed by atoms with E-state index in [2.05, 4.69) is 29.0 Å². The van der Waals surface area contributed by atoms with Crippen LogP contribution in [0.3, 0.4) is 0 Å². The highest BCUT2D eigenvalue weighted by molar-refractivity contribution is 5.16. The van der Waals surface area contributed by atoms with E-state index in [1.54, 1.807) is 0 Å². The van der Waals surface area contributed by atoms with Crippen LogP contribution < -0.4 is 5.32 Å². The summed E-state index contributed by atoms with van der Waals surface area (Å²) >= 11 is 0. The Kier molecular flexibility index (Phi) is 5.86. The van der Waals surface area contributed by atoms with Crippen LogP contribution in [0.5, 0.6) is 0 Å². The molecule has 0 heterocycles. The summed E-state index contributed by atoms with van der Waals surface area (Å²) in [6, 6.07) is 0. The number of hydrogen-bond donors (Lipinski definition) is 2. The highest BCUT2D eigenvalue weighted by Crippen LogP contribution is 1.71. The van der Waals surface area contributed by atoms with E-state index in [4.69, 9.17) is 18.0 Å². The van der Waals surface area contributed by atoms with Gasteiger partial charge in [0.05, 0.1) is 13.1 Å². The number of rotatable bonds is 2. The summed E-state index contributed by atoms with van der Waals surface area (Å²) in [7, 11) is 0. The van der Waals surface area contributed by atoms with Gasteiger partial charge in [-0.3, -0.25) is 5.32 Å². The van der Waals surface area contributed by atoms with Crippen molar-refractivity contribution in [2.45, 2.75) is 6.10 Å². The van der Waals surface area contributed by atoms with E-state index in [9.17, 15) is 0 Å². The molecule has 0 bridgehead atoms. The molecule has 0 saturated carbocycles. The van der Waals surface area contributed by atoms with Crippen molar-refractivity contribution in [1.29, 1.82) is 0 Å². The fourth-order valence-electron chi connectivity index (χ4n) is 0.387. The maximum Gasteiger partial charge on any atom is 0.176 e. The Morgan fingerprint density at radius 3 is 2.64 bits per heavy atom. The second kappa shape index (κ2) is 6.72. The molecule has 0 aromatic rings. The summed E-state index contributed by atoms with van der Waals surface area (Å²) in [5, 5.41) is 11.6. The quantitative estimate of drug-likeness (QED) is 0.396. The van der Waals surface area contributed by atoms with Crippen LogP contribution in [-0.4, -0.2) is 24.3 Å². The van der Waals surface area contributed by atoms with Gasteiger partial charge in [-0.15, -0.1) is 12.8 Å². The first-order valence-corrected chi connectivity index (χ1v) is 3.08. The number of aliphatic hydroxyl groups is 1. The minimum absolute atomic E-state index is 0.447. The summed E-state index contributed by atoms with van der Waals surface area (Å²) in [4.78, 5) is 0. The smallest absolute Gasteiger partial charge is 0.176 e. The van der Waals surface area contributed by atoms with Crippen LogP contribution in [0.2, 0.25) is 0 Å². The molecule has 1 atom stereocenters. The molecule has 0 aliphatic rings. The first-order chi connectivity index (χ1) is 5.31. The fraction of sp³-hybridized carbons (Fsp3) is 0.333. The topological polar surface area (TPSA) is 32.3 Å². The van der Waals surface area contributed by atoms with Crippen molar-refractivity contribution < 1.29 is 5.11 Å². The molecule has 0 aromatic carbocycles. The normalized spacial score (nSPS) is 10.1. The molecule has 2 heteroatoms. The van der Waals surface area contributed by atoms with Crippen molar-refractivity contribution >= 4 is 0 Å². The lowest BCUT2D eigenvalue weighted by Gasteiger charge is -1.90. The molecule has 56 valence electrons. The summed E-state index contributed by atoms with van der Waals surface area (Å²) < 4.78 is 0. The maximum atomic E-state index is 8.74. The third-order valence-corrected chi connectivity index (χ3v) is 0.837. The average Bonchev–Trinajstić information content (AvgIpc) is 2.04. The van der Waals surface area contributed by atoms with Gasteiger partial charge in [0.1, 0.15) is 0 Å². The van der Waals surface area contributed by atoms with E-state index < -0.39 is 6.10 Å². The van der Waals surface area contributed by atoms with E-state index in [0.29, 0.717) is 13.1 Å². The van der Waals surface area contributed by atoms with Crippen LogP contribution in [0.4, 0.5) is 0 Å². The molecular weight excluding hydrogens is 138 g/mol. The van der Waals surface area contributed by atoms with Crippen LogP contribution in [0.25, 0.3) is 0 Å². The highest BCUT2D eigenvalue weighted by Gasteiger charge is 1.85. The molecule has 0 rings (SSSR count). The maximum absolute atomic E-state index is 8.74. The van der Waals surface area contributed by atoms with Gasteiger partial charge >= 0.3 is 0 Å². The van der Waals surface area contributed by atoms with Gasteiger partial charge in [-0.05, 0) is 0 Å². The molecular formula is C9H9NO. The lowest BCUT2D eigenvalue weighted by Crippen LogP contribution is -2.13. The minimum atomic E-state index is -0.970. The van der Waals surface area contributed by atoms with Gasteiger partial charge in [0.2, 0.25) is 0 Å². The lowest BCUT2D eigenvalue weighted by atomic mass is 10.4. The Bertz CT molecular complexity index is 233. The lowest BCUT2D eigenvalue weighted by molar-refractivity contribution is 0.290. The van der Waals surface area contributed by atoms with Gasteiger partial charge in [0.25, 0.3) is 0 Å². The fourth-order valence-corrected chi connectivity index (χ4v) is 0.387. The molecule has 0 saturated heterocycles. The standard InChI is InChI=1S/C9H9NO/c1-3-7-10-8-5-6-9(11)4-2/h1-2,9-11H,7-8H2. The number of hydrogen-bond acceptors (Lipinski definition) is 2. The van der Waals surface area contributed by atoms with Gasteiger partial charge in [0.15, 0.2) is 6.10 Å². The molecule has 0 aliphatic carbocycles. The first-order valence-electron chi connectivity index (χ1n) is 3.08. The zero-order valence-electron chi connectivity index (χ0n) is 6.09. The van der Waals surface area contributed by atoms with Crippen LogP contribution in [0, 0.1) is 36.5 Å². The molecule has 2 nitrogen and oxygen atoms in total. The van der Waals surface area contributed by atoms with Gasteiger partial charge in [-0.25, -0.2) is 0 Å². The number of terminal acetylenes is 2. The molecule has 0 aliphatic heterocycles. The third-order valence-electron chi connectivity index (χ3n) is 0.837.